The minimum Gasteiger partial charge on any atom is -0.480 e. The van der Waals surface area contributed by atoms with E-state index in [0.29, 0.717) is 12.8 Å². The summed E-state index contributed by atoms with van der Waals surface area (Å²) in [6.45, 7) is 1.72. The van der Waals surface area contributed by atoms with Crippen LogP contribution in [0.5, 0.6) is 0 Å². The van der Waals surface area contributed by atoms with Crippen molar-refractivity contribution in [2.75, 3.05) is 6.54 Å². The Morgan fingerprint density at radius 1 is 1.38 bits per heavy atom. The van der Waals surface area contributed by atoms with Gasteiger partial charge in [0.1, 0.15) is 6.54 Å². The maximum absolute atomic E-state index is 10.9. The van der Waals surface area contributed by atoms with Gasteiger partial charge in [-0.3, -0.25) is 9.59 Å². The molecule has 0 aliphatic rings. The van der Waals surface area contributed by atoms with Gasteiger partial charge >= 0.3 is 5.97 Å². The van der Waals surface area contributed by atoms with Crippen molar-refractivity contribution in [1.82, 2.24) is 5.32 Å². The maximum Gasteiger partial charge on any atom is 0.322 e. The number of aliphatic carboxylic acids is 1. The van der Waals surface area contributed by atoms with Crippen LogP contribution in [-0.4, -0.2) is 23.5 Å². The third kappa shape index (κ3) is 8.59. The molecule has 0 rings (SSSR count). The highest BCUT2D eigenvalue weighted by Gasteiger charge is 2.01. The molecule has 0 fully saturated rings. The third-order valence-electron chi connectivity index (χ3n) is 1.38. The summed E-state index contributed by atoms with van der Waals surface area (Å²) in [6.07, 6.45) is 5.87. The molecule has 0 aliphatic carbocycles. The Kier molecular flexibility index (Phi) is 6.59. The molecule has 0 spiro atoms. The smallest absolute Gasteiger partial charge is 0.322 e. The largest absolute Gasteiger partial charge is 0.480 e. The quantitative estimate of drug-likeness (QED) is 0.605. The Morgan fingerprint density at radius 2 is 2.08 bits per heavy atom. The van der Waals surface area contributed by atoms with Crippen molar-refractivity contribution < 1.29 is 14.7 Å². The van der Waals surface area contributed by atoms with Gasteiger partial charge in [-0.1, -0.05) is 19.1 Å². The first-order valence-electron chi connectivity index (χ1n) is 4.30. The number of carboxylic acids is 1. The number of allylic oxidation sites excluding steroid dienone is 2. The van der Waals surface area contributed by atoms with E-state index in [1.54, 1.807) is 0 Å². The van der Waals surface area contributed by atoms with E-state index in [1.165, 1.54) is 0 Å². The van der Waals surface area contributed by atoms with E-state index in [9.17, 15) is 9.59 Å². The summed E-state index contributed by atoms with van der Waals surface area (Å²) in [5, 5.41) is 10.5. The summed E-state index contributed by atoms with van der Waals surface area (Å²) in [4.78, 5) is 21.0. The van der Waals surface area contributed by atoms with Gasteiger partial charge in [-0.05, 0) is 12.8 Å². The second kappa shape index (κ2) is 7.34. The van der Waals surface area contributed by atoms with Gasteiger partial charge in [0, 0.05) is 6.42 Å². The van der Waals surface area contributed by atoms with Gasteiger partial charge in [0.15, 0.2) is 0 Å². The first-order valence-corrected chi connectivity index (χ1v) is 4.30. The molecule has 13 heavy (non-hydrogen) atoms. The molecule has 4 nitrogen and oxygen atoms in total. The van der Waals surface area contributed by atoms with Gasteiger partial charge in [0.25, 0.3) is 0 Å². The highest BCUT2D eigenvalue weighted by molar-refractivity contribution is 5.81. The molecule has 0 aromatic heterocycles. The molecule has 0 atom stereocenters. The normalized spacial score (nSPS) is 10.2. The average Bonchev–Trinajstić information content (AvgIpc) is 2.09. The monoisotopic (exact) mass is 185 g/mol. The Bertz CT molecular complexity index is 199. The lowest BCUT2D eigenvalue weighted by molar-refractivity contribution is -0.137. The van der Waals surface area contributed by atoms with Gasteiger partial charge in [-0.2, -0.15) is 0 Å². The first kappa shape index (κ1) is 11.7. The van der Waals surface area contributed by atoms with Crippen LogP contribution in [0.4, 0.5) is 0 Å². The Morgan fingerprint density at radius 3 is 2.62 bits per heavy atom. The molecule has 4 heteroatoms. The Hall–Kier alpha value is -1.32. The maximum atomic E-state index is 10.9. The van der Waals surface area contributed by atoms with Gasteiger partial charge in [0.2, 0.25) is 5.91 Å². The predicted molar refractivity (Wildman–Crippen MR) is 49.3 cm³/mol. The third-order valence-corrected chi connectivity index (χ3v) is 1.38. The van der Waals surface area contributed by atoms with Crippen molar-refractivity contribution >= 4 is 11.9 Å². The van der Waals surface area contributed by atoms with Crippen molar-refractivity contribution in [3.63, 3.8) is 0 Å². The van der Waals surface area contributed by atoms with Gasteiger partial charge in [-0.25, -0.2) is 0 Å². The van der Waals surface area contributed by atoms with Crippen molar-refractivity contribution in [3.8, 4) is 0 Å². The number of carbonyl (C=O) groups is 2. The molecule has 1 amide bonds. The molecule has 0 saturated heterocycles. The average molecular weight is 185 g/mol. The molecule has 0 bridgehead atoms. The van der Waals surface area contributed by atoms with E-state index < -0.39 is 5.97 Å². The van der Waals surface area contributed by atoms with Crippen LogP contribution in [0.1, 0.15) is 26.2 Å². The highest BCUT2D eigenvalue weighted by Crippen LogP contribution is 1.92. The van der Waals surface area contributed by atoms with Crippen LogP contribution in [0, 0.1) is 0 Å². The molecular formula is C9H15NO3. The van der Waals surface area contributed by atoms with E-state index in [1.807, 2.05) is 19.1 Å². The molecule has 2 N–H and O–H groups in total. The van der Waals surface area contributed by atoms with Crippen molar-refractivity contribution in [3.05, 3.63) is 12.2 Å². The minimum atomic E-state index is -1.02. The fourth-order valence-electron chi connectivity index (χ4n) is 0.762. The summed E-state index contributed by atoms with van der Waals surface area (Å²) in [5.41, 5.74) is 0. The second-order valence-electron chi connectivity index (χ2n) is 2.59. The van der Waals surface area contributed by atoms with E-state index in [2.05, 4.69) is 5.32 Å². The summed E-state index contributed by atoms with van der Waals surface area (Å²) in [7, 11) is 0. The van der Waals surface area contributed by atoms with Crippen LogP contribution < -0.4 is 5.32 Å². The molecule has 0 aliphatic heterocycles. The molecule has 0 heterocycles. The Labute approximate surface area is 77.6 Å². The van der Waals surface area contributed by atoms with Gasteiger partial charge in [0.05, 0.1) is 0 Å². The zero-order valence-corrected chi connectivity index (χ0v) is 7.75. The predicted octanol–water partition coefficient (Wildman–Crippen LogP) is 0.934. The molecule has 0 radical (unpaired) electrons. The van der Waals surface area contributed by atoms with E-state index in [4.69, 9.17) is 5.11 Å². The van der Waals surface area contributed by atoms with Crippen LogP contribution in [0.2, 0.25) is 0 Å². The van der Waals surface area contributed by atoms with Gasteiger partial charge < -0.3 is 10.4 Å². The summed E-state index contributed by atoms with van der Waals surface area (Å²) >= 11 is 0. The topological polar surface area (TPSA) is 66.4 Å². The van der Waals surface area contributed by atoms with Gasteiger partial charge in [-0.15, -0.1) is 0 Å². The van der Waals surface area contributed by atoms with Crippen LogP contribution in [0.3, 0.4) is 0 Å². The molecule has 0 unspecified atom stereocenters. The lowest BCUT2D eigenvalue weighted by atomic mass is 10.2. The van der Waals surface area contributed by atoms with Crippen molar-refractivity contribution in [2.24, 2.45) is 0 Å². The van der Waals surface area contributed by atoms with Crippen molar-refractivity contribution in [1.29, 1.82) is 0 Å². The van der Waals surface area contributed by atoms with Crippen LogP contribution in [-0.2, 0) is 9.59 Å². The van der Waals surface area contributed by atoms with Crippen LogP contribution in [0.25, 0.3) is 0 Å². The number of hydrogen-bond acceptors (Lipinski definition) is 2. The highest BCUT2D eigenvalue weighted by atomic mass is 16.4. The van der Waals surface area contributed by atoms with Crippen LogP contribution in [0.15, 0.2) is 12.2 Å². The minimum absolute atomic E-state index is 0.219. The zero-order valence-electron chi connectivity index (χ0n) is 7.75. The zero-order chi connectivity index (χ0) is 10.1. The number of carboxylic acid groups (broad SMARTS) is 1. The molecule has 0 saturated carbocycles. The SMILES string of the molecule is CC/C=C/CCC(=O)NCC(=O)O. The summed E-state index contributed by atoms with van der Waals surface area (Å²) in [5.74, 6) is -1.24. The molecular weight excluding hydrogens is 170 g/mol. The first-order chi connectivity index (χ1) is 6.16. The number of amides is 1. The lowest BCUT2D eigenvalue weighted by Gasteiger charge is -1.98. The molecule has 0 aromatic rings. The number of rotatable bonds is 6. The lowest BCUT2D eigenvalue weighted by Crippen LogP contribution is -2.28. The van der Waals surface area contributed by atoms with E-state index >= 15 is 0 Å². The number of carbonyl (C=O) groups excluding carboxylic acids is 1. The van der Waals surface area contributed by atoms with Crippen molar-refractivity contribution in [2.45, 2.75) is 26.2 Å². The fraction of sp³-hybridized carbons (Fsp3) is 0.556. The fourth-order valence-corrected chi connectivity index (χ4v) is 0.762. The second-order valence-corrected chi connectivity index (χ2v) is 2.59. The molecule has 74 valence electrons. The summed E-state index contributed by atoms with van der Waals surface area (Å²) < 4.78 is 0. The van der Waals surface area contributed by atoms with Crippen LogP contribution >= 0.6 is 0 Å². The standard InChI is InChI=1S/C9H15NO3/c1-2-3-4-5-6-8(11)10-7-9(12)13/h3-4H,2,5-7H2,1H3,(H,10,11)(H,12,13)/b4-3+. The summed E-state index contributed by atoms with van der Waals surface area (Å²) in [6, 6.07) is 0. The van der Waals surface area contributed by atoms with E-state index in [0.717, 1.165) is 6.42 Å². The number of hydrogen-bond donors (Lipinski definition) is 2. The number of nitrogens with one attached hydrogen (secondary N) is 1. The molecule has 0 aromatic carbocycles. The van der Waals surface area contributed by atoms with E-state index in [-0.39, 0.29) is 12.5 Å². The Balaban J connectivity index is 3.41.